The Bertz CT molecular complexity index is 509. The molecule has 0 bridgehead atoms. The molecular weight excluding hydrogens is 241 g/mol. The van der Waals surface area contributed by atoms with Gasteiger partial charge in [0, 0.05) is 4.90 Å². The van der Waals surface area contributed by atoms with Crippen LogP contribution in [0.15, 0.2) is 23.4 Å². The van der Waals surface area contributed by atoms with Crippen LogP contribution in [-0.4, -0.2) is 20.6 Å². The number of imidazole rings is 1. The van der Waals surface area contributed by atoms with Crippen LogP contribution in [0.3, 0.4) is 0 Å². The number of thioether (sulfide) groups is 1. The van der Waals surface area contributed by atoms with E-state index in [1.165, 1.54) is 12.4 Å². The maximum atomic E-state index is 12.3. The fraction of sp³-hybridized carbons (Fsp3) is 0.222. The van der Waals surface area contributed by atoms with Crippen LogP contribution in [0.5, 0.6) is 0 Å². The molecule has 1 aromatic carbocycles. The number of hydrogen-bond acceptors (Lipinski definition) is 3. The van der Waals surface area contributed by atoms with Crippen molar-refractivity contribution in [1.82, 2.24) is 9.97 Å². The van der Waals surface area contributed by atoms with Crippen molar-refractivity contribution in [1.29, 1.82) is 0 Å². The Morgan fingerprint density at radius 1 is 1.38 bits per heavy atom. The molecule has 1 aromatic heterocycles. The second-order valence-electron chi connectivity index (χ2n) is 3.10. The Hall–Kier alpha value is -1.21. The highest BCUT2D eigenvalue weighted by atomic mass is 32.2. The van der Waals surface area contributed by atoms with E-state index in [2.05, 4.69) is 9.97 Å². The molecule has 0 radical (unpaired) electrons. The molecule has 0 fully saturated rings. The van der Waals surface area contributed by atoms with Crippen LogP contribution in [0.1, 0.15) is 5.56 Å². The summed E-state index contributed by atoms with van der Waals surface area (Å²) in [6.07, 6.45) is 1.33. The first kappa shape index (κ1) is 11.3. The number of nitrogens with one attached hydrogen (secondary N) is 1. The summed E-state index contributed by atoms with van der Waals surface area (Å²) < 4.78 is 36.8. The van der Waals surface area contributed by atoms with Gasteiger partial charge in [0.25, 0.3) is 0 Å². The number of rotatable bonds is 2. The molecule has 7 heteroatoms. The van der Waals surface area contributed by atoms with E-state index in [4.69, 9.17) is 5.11 Å². The first-order valence-corrected chi connectivity index (χ1v) is 5.14. The monoisotopic (exact) mass is 248 g/mol. The molecule has 1 heterocycles. The highest BCUT2D eigenvalue weighted by molar-refractivity contribution is 8.00. The predicted octanol–water partition coefficient (Wildman–Crippen LogP) is 2.67. The number of halogens is 3. The van der Waals surface area contributed by atoms with Gasteiger partial charge in [0.15, 0.2) is 0 Å². The third-order valence-electron chi connectivity index (χ3n) is 1.96. The minimum absolute atomic E-state index is 0.00435. The Labute approximate surface area is 92.7 Å². The van der Waals surface area contributed by atoms with Gasteiger partial charge in [0.05, 0.1) is 18.5 Å². The highest BCUT2D eigenvalue weighted by Gasteiger charge is 2.30. The van der Waals surface area contributed by atoms with Crippen molar-refractivity contribution < 1.29 is 18.3 Å². The van der Waals surface area contributed by atoms with Gasteiger partial charge in [-0.2, -0.15) is 13.2 Å². The van der Waals surface area contributed by atoms with E-state index < -0.39 is 5.51 Å². The molecule has 2 aromatic rings. The van der Waals surface area contributed by atoms with Crippen molar-refractivity contribution in [2.24, 2.45) is 0 Å². The van der Waals surface area contributed by atoms with Gasteiger partial charge < -0.3 is 10.1 Å². The van der Waals surface area contributed by atoms with Crippen molar-refractivity contribution in [3.05, 3.63) is 24.0 Å². The van der Waals surface area contributed by atoms with Crippen molar-refractivity contribution in [2.45, 2.75) is 17.0 Å². The molecule has 0 saturated heterocycles. The fourth-order valence-electron chi connectivity index (χ4n) is 1.37. The Morgan fingerprint density at radius 2 is 2.12 bits per heavy atom. The maximum Gasteiger partial charge on any atom is 0.446 e. The lowest BCUT2D eigenvalue weighted by Gasteiger charge is -2.07. The summed E-state index contributed by atoms with van der Waals surface area (Å²) in [7, 11) is 0. The number of aliphatic hydroxyl groups excluding tert-OH is 1. The summed E-state index contributed by atoms with van der Waals surface area (Å²) in [6, 6.07) is 2.87. The zero-order valence-electron chi connectivity index (χ0n) is 7.88. The molecule has 0 aliphatic heterocycles. The lowest BCUT2D eigenvalue weighted by molar-refractivity contribution is -0.0327. The number of aromatic nitrogens is 2. The average molecular weight is 248 g/mol. The molecule has 0 aliphatic rings. The zero-order valence-corrected chi connectivity index (χ0v) is 8.69. The van der Waals surface area contributed by atoms with Crippen LogP contribution in [0.2, 0.25) is 0 Å². The number of aliphatic hydroxyl groups is 1. The second kappa shape index (κ2) is 3.99. The summed E-state index contributed by atoms with van der Waals surface area (Å²) in [4.78, 5) is 6.53. The molecule has 2 N–H and O–H groups in total. The lowest BCUT2D eigenvalue weighted by Crippen LogP contribution is -2.00. The summed E-state index contributed by atoms with van der Waals surface area (Å²) in [6.45, 7) is -0.305. The van der Waals surface area contributed by atoms with E-state index in [0.29, 0.717) is 11.1 Å². The van der Waals surface area contributed by atoms with Gasteiger partial charge in [-0.15, -0.1) is 0 Å². The van der Waals surface area contributed by atoms with Crippen molar-refractivity contribution in [3.63, 3.8) is 0 Å². The Balaban J connectivity index is 2.52. The second-order valence-corrected chi connectivity index (χ2v) is 4.21. The number of nitrogens with zero attached hydrogens (tertiary/aromatic N) is 1. The summed E-state index contributed by atoms with van der Waals surface area (Å²) in [5, 5.41) is 8.93. The van der Waals surface area contributed by atoms with Crippen LogP contribution < -0.4 is 0 Å². The van der Waals surface area contributed by atoms with E-state index in [9.17, 15) is 13.2 Å². The fourth-order valence-corrected chi connectivity index (χ4v) is 2.09. The molecule has 86 valence electrons. The van der Waals surface area contributed by atoms with Gasteiger partial charge in [-0.05, 0) is 29.5 Å². The molecule has 0 aliphatic carbocycles. The first-order chi connectivity index (χ1) is 7.49. The van der Waals surface area contributed by atoms with Crippen molar-refractivity contribution in [2.75, 3.05) is 0 Å². The zero-order chi connectivity index (χ0) is 11.8. The molecule has 0 atom stereocenters. The molecule has 0 saturated carbocycles. The van der Waals surface area contributed by atoms with Crippen LogP contribution >= 0.6 is 11.8 Å². The van der Waals surface area contributed by atoms with Crippen LogP contribution in [0.4, 0.5) is 13.2 Å². The van der Waals surface area contributed by atoms with Gasteiger partial charge in [-0.3, -0.25) is 0 Å². The van der Waals surface area contributed by atoms with Crippen LogP contribution in [-0.2, 0) is 6.61 Å². The highest BCUT2D eigenvalue weighted by Crippen LogP contribution is 2.39. The number of fused-ring (bicyclic) bond motifs is 1. The van der Waals surface area contributed by atoms with Gasteiger partial charge in [0.2, 0.25) is 0 Å². The van der Waals surface area contributed by atoms with Crippen LogP contribution in [0, 0.1) is 0 Å². The number of H-pyrrole nitrogens is 1. The topological polar surface area (TPSA) is 48.9 Å². The summed E-state index contributed by atoms with van der Waals surface area (Å²) in [5.74, 6) is 0. The number of benzene rings is 1. The minimum Gasteiger partial charge on any atom is -0.392 e. The SMILES string of the molecule is OCc1cc(SC(F)(F)F)c2nc[nH]c2c1. The summed E-state index contributed by atoms with van der Waals surface area (Å²) >= 11 is -0.229. The van der Waals surface area contributed by atoms with E-state index >= 15 is 0 Å². The average Bonchev–Trinajstić information content (AvgIpc) is 2.63. The van der Waals surface area contributed by atoms with E-state index in [1.807, 2.05) is 0 Å². The third kappa shape index (κ3) is 2.30. The molecule has 2 rings (SSSR count). The molecule has 3 nitrogen and oxygen atoms in total. The number of alkyl halides is 3. The van der Waals surface area contributed by atoms with Gasteiger partial charge >= 0.3 is 5.51 Å². The van der Waals surface area contributed by atoms with Gasteiger partial charge in [0.1, 0.15) is 5.52 Å². The minimum atomic E-state index is -4.36. The van der Waals surface area contributed by atoms with E-state index in [0.717, 1.165) is 0 Å². The largest absolute Gasteiger partial charge is 0.446 e. The standard InChI is InChI=1S/C9H7F3N2OS/c10-9(11,12)16-7-2-5(3-15)1-6-8(7)14-4-13-6/h1-2,4,15H,3H2,(H,13,14). The molecule has 0 spiro atoms. The van der Waals surface area contributed by atoms with Crippen molar-refractivity contribution in [3.8, 4) is 0 Å². The Kier molecular flexibility index (Phi) is 2.81. The quantitative estimate of drug-likeness (QED) is 0.803. The first-order valence-electron chi connectivity index (χ1n) is 4.32. The smallest absolute Gasteiger partial charge is 0.392 e. The molecular formula is C9H7F3N2OS. The van der Waals surface area contributed by atoms with E-state index in [-0.39, 0.29) is 28.8 Å². The molecule has 0 amide bonds. The lowest BCUT2D eigenvalue weighted by atomic mass is 10.2. The van der Waals surface area contributed by atoms with Crippen LogP contribution in [0.25, 0.3) is 11.0 Å². The van der Waals surface area contributed by atoms with E-state index in [1.54, 1.807) is 6.07 Å². The maximum absolute atomic E-state index is 12.3. The molecule has 0 unspecified atom stereocenters. The third-order valence-corrected chi connectivity index (χ3v) is 2.72. The van der Waals surface area contributed by atoms with Crippen molar-refractivity contribution >= 4 is 22.8 Å². The number of hydrogen-bond donors (Lipinski definition) is 2. The Morgan fingerprint density at radius 3 is 2.75 bits per heavy atom. The number of aromatic amines is 1. The van der Waals surface area contributed by atoms with Gasteiger partial charge in [-0.1, -0.05) is 0 Å². The molecule has 16 heavy (non-hydrogen) atoms. The summed E-state index contributed by atoms with van der Waals surface area (Å²) in [5.41, 5.74) is -3.19. The predicted molar refractivity (Wildman–Crippen MR) is 53.9 cm³/mol. The van der Waals surface area contributed by atoms with Gasteiger partial charge in [-0.25, -0.2) is 4.98 Å². The normalized spacial score (nSPS) is 12.2.